The number of nitrogens with zero attached hydrogens (tertiary/aromatic N) is 1. The molecule has 0 aromatic heterocycles. The van der Waals surface area contributed by atoms with Crippen molar-refractivity contribution in [2.75, 3.05) is 19.7 Å². The Morgan fingerprint density at radius 3 is 2.37 bits per heavy atom. The van der Waals surface area contributed by atoms with Crippen LogP contribution in [0.4, 0.5) is 18.0 Å². The first-order valence-electron chi connectivity index (χ1n) is 11.4. The molecule has 0 aliphatic carbocycles. The van der Waals surface area contributed by atoms with Gasteiger partial charge in [-0.15, -0.1) is 0 Å². The van der Waals surface area contributed by atoms with Crippen LogP contribution in [0.5, 0.6) is 5.75 Å². The van der Waals surface area contributed by atoms with Crippen molar-refractivity contribution in [1.82, 2.24) is 4.90 Å². The van der Waals surface area contributed by atoms with Crippen LogP contribution in [-0.4, -0.2) is 53.5 Å². The molecule has 1 amide bonds. The molecule has 0 bridgehead atoms. The standard InChI is InChI=1S/C26H30F3NO5/c1-25(2,3)35-24(33)30-11-10-20(15-30)22(23(31)32)13-17-6-4-7-18(12-17)19-8-5-9-21(14-19)34-16-26(27,28)29/h4-9,12,14,20,22H,10-11,13,15-16H2,1-3H3,(H,31,32)/t20-,22-/m0/s1. The lowest BCUT2D eigenvalue weighted by molar-refractivity contribution is -0.153. The van der Waals surface area contributed by atoms with E-state index in [1.165, 1.54) is 12.1 Å². The van der Waals surface area contributed by atoms with Crippen molar-refractivity contribution >= 4 is 12.1 Å². The van der Waals surface area contributed by atoms with E-state index in [9.17, 15) is 27.9 Å². The minimum atomic E-state index is -4.43. The second-order valence-corrected chi connectivity index (χ2v) is 9.76. The van der Waals surface area contributed by atoms with Crippen LogP contribution in [0.15, 0.2) is 48.5 Å². The maximum atomic E-state index is 12.5. The van der Waals surface area contributed by atoms with Crippen molar-refractivity contribution in [1.29, 1.82) is 0 Å². The lowest BCUT2D eigenvalue weighted by atomic mass is 9.85. The van der Waals surface area contributed by atoms with Crippen LogP contribution >= 0.6 is 0 Å². The van der Waals surface area contributed by atoms with Gasteiger partial charge in [-0.05, 0) is 68.4 Å². The normalized spacial score (nSPS) is 17.2. The van der Waals surface area contributed by atoms with Gasteiger partial charge in [0.25, 0.3) is 0 Å². The summed E-state index contributed by atoms with van der Waals surface area (Å²) in [4.78, 5) is 26.0. The summed E-state index contributed by atoms with van der Waals surface area (Å²) >= 11 is 0. The molecule has 2 aromatic rings. The number of hydrogen-bond donors (Lipinski definition) is 1. The molecule has 190 valence electrons. The highest BCUT2D eigenvalue weighted by molar-refractivity contribution is 5.72. The largest absolute Gasteiger partial charge is 0.484 e. The van der Waals surface area contributed by atoms with Crippen molar-refractivity contribution in [3.8, 4) is 16.9 Å². The fourth-order valence-corrected chi connectivity index (χ4v) is 4.13. The highest BCUT2D eigenvalue weighted by atomic mass is 19.4. The number of carboxylic acids is 1. The monoisotopic (exact) mass is 493 g/mol. The van der Waals surface area contributed by atoms with Gasteiger partial charge < -0.3 is 19.5 Å². The Hall–Kier alpha value is -3.23. The second-order valence-electron chi connectivity index (χ2n) is 9.76. The maximum absolute atomic E-state index is 12.5. The number of ether oxygens (including phenoxy) is 2. The van der Waals surface area contributed by atoms with Crippen molar-refractivity contribution in [2.24, 2.45) is 11.8 Å². The zero-order valence-corrected chi connectivity index (χ0v) is 20.0. The fraction of sp³-hybridized carbons (Fsp3) is 0.462. The highest BCUT2D eigenvalue weighted by Gasteiger charge is 2.37. The number of halogens is 3. The average Bonchev–Trinajstić information content (AvgIpc) is 3.25. The molecule has 1 aliphatic rings. The number of carbonyl (C=O) groups is 2. The van der Waals surface area contributed by atoms with Crippen LogP contribution in [0.2, 0.25) is 0 Å². The minimum absolute atomic E-state index is 0.0989. The van der Waals surface area contributed by atoms with Gasteiger partial charge >= 0.3 is 18.2 Å². The Balaban J connectivity index is 1.71. The van der Waals surface area contributed by atoms with Gasteiger partial charge in [0.15, 0.2) is 6.61 Å². The summed E-state index contributed by atoms with van der Waals surface area (Å²) < 4.78 is 47.7. The third-order valence-electron chi connectivity index (χ3n) is 5.72. The third kappa shape index (κ3) is 7.90. The molecule has 1 heterocycles. The molecule has 35 heavy (non-hydrogen) atoms. The molecule has 1 saturated heterocycles. The molecule has 1 N–H and O–H groups in total. The summed E-state index contributed by atoms with van der Waals surface area (Å²) in [5, 5.41) is 9.91. The quantitative estimate of drug-likeness (QED) is 0.528. The molecule has 0 spiro atoms. The molecular weight excluding hydrogens is 463 g/mol. The number of alkyl halides is 3. The first kappa shape index (κ1) is 26.4. The summed E-state index contributed by atoms with van der Waals surface area (Å²) in [6.07, 6.45) is -4.05. The lowest BCUT2D eigenvalue weighted by Crippen LogP contribution is -2.36. The van der Waals surface area contributed by atoms with Gasteiger partial charge in [0.05, 0.1) is 5.92 Å². The SMILES string of the molecule is CC(C)(C)OC(=O)N1CC[C@H]([C@H](Cc2cccc(-c3cccc(OCC(F)(F)F)c3)c2)C(=O)O)C1. The van der Waals surface area contributed by atoms with Gasteiger partial charge in [0.1, 0.15) is 11.4 Å². The minimum Gasteiger partial charge on any atom is -0.484 e. The molecule has 2 aromatic carbocycles. The van der Waals surface area contributed by atoms with Crippen LogP contribution in [0.3, 0.4) is 0 Å². The highest BCUT2D eigenvalue weighted by Crippen LogP contribution is 2.31. The number of benzene rings is 2. The molecular formula is C26H30F3NO5. The van der Waals surface area contributed by atoms with Gasteiger partial charge in [0, 0.05) is 13.1 Å². The Labute approximate surface area is 202 Å². The Bertz CT molecular complexity index is 1050. The second kappa shape index (κ2) is 10.6. The van der Waals surface area contributed by atoms with E-state index in [0.717, 1.165) is 11.1 Å². The van der Waals surface area contributed by atoms with E-state index in [1.807, 2.05) is 18.2 Å². The van der Waals surface area contributed by atoms with Crippen molar-refractivity contribution in [3.63, 3.8) is 0 Å². The number of amides is 1. The van der Waals surface area contributed by atoms with E-state index in [-0.39, 0.29) is 18.1 Å². The zero-order chi connectivity index (χ0) is 25.8. The first-order chi connectivity index (χ1) is 16.3. The Morgan fingerprint density at radius 1 is 1.09 bits per heavy atom. The van der Waals surface area contributed by atoms with Crippen molar-refractivity contribution in [3.05, 3.63) is 54.1 Å². The average molecular weight is 494 g/mol. The summed E-state index contributed by atoms with van der Waals surface area (Å²) in [5.74, 6) is -1.75. The summed E-state index contributed by atoms with van der Waals surface area (Å²) in [5.41, 5.74) is 1.56. The van der Waals surface area contributed by atoms with Crippen LogP contribution in [0.25, 0.3) is 11.1 Å². The van der Waals surface area contributed by atoms with E-state index in [2.05, 4.69) is 0 Å². The van der Waals surface area contributed by atoms with Gasteiger partial charge in [-0.25, -0.2) is 4.79 Å². The van der Waals surface area contributed by atoms with Crippen LogP contribution < -0.4 is 4.74 Å². The van der Waals surface area contributed by atoms with Gasteiger partial charge in [-0.3, -0.25) is 4.79 Å². The molecule has 0 unspecified atom stereocenters. The number of aliphatic carboxylic acids is 1. The predicted molar refractivity (Wildman–Crippen MR) is 124 cm³/mol. The van der Waals surface area contributed by atoms with E-state index in [4.69, 9.17) is 9.47 Å². The van der Waals surface area contributed by atoms with E-state index in [0.29, 0.717) is 25.1 Å². The number of carbonyl (C=O) groups excluding carboxylic acids is 1. The summed E-state index contributed by atoms with van der Waals surface area (Å²) in [7, 11) is 0. The van der Waals surface area contributed by atoms with Crippen LogP contribution in [-0.2, 0) is 16.0 Å². The van der Waals surface area contributed by atoms with E-state index < -0.39 is 36.4 Å². The summed E-state index contributed by atoms with van der Waals surface area (Å²) in [6.45, 7) is 4.72. The predicted octanol–water partition coefficient (Wildman–Crippen LogP) is 5.80. The number of carboxylic acid groups (broad SMARTS) is 1. The summed E-state index contributed by atoms with van der Waals surface area (Å²) in [6, 6.07) is 13.6. The van der Waals surface area contributed by atoms with Gasteiger partial charge in [0.2, 0.25) is 0 Å². The number of likely N-dealkylation sites (tertiary alicyclic amines) is 1. The lowest BCUT2D eigenvalue weighted by Gasteiger charge is -2.25. The van der Waals surface area contributed by atoms with Gasteiger partial charge in [-0.2, -0.15) is 13.2 Å². The van der Waals surface area contributed by atoms with Crippen LogP contribution in [0.1, 0.15) is 32.8 Å². The molecule has 6 nitrogen and oxygen atoms in total. The topological polar surface area (TPSA) is 76.1 Å². The van der Waals surface area contributed by atoms with Gasteiger partial charge in [-0.1, -0.05) is 36.4 Å². The van der Waals surface area contributed by atoms with Crippen molar-refractivity contribution in [2.45, 2.75) is 45.4 Å². The molecule has 0 saturated carbocycles. The molecule has 0 radical (unpaired) electrons. The Kier molecular flexibility index (Phi) is 7.97. The Morgan fingerprint density at radius 2 is 1.74 bits per heavy atom. The molecule has 1 fully saturated rings. The van der Waals surface area contributed by atoms with Crippen LogP contribution in [0, 0.1) is 11.8 Å². The fourth-order valence-electron chi connectivity index (χ4n) is 4.13. The maximum Gasteiger partial charge on any atom is 0.422 e. The number of rotatable bonds is 7. The smallest absolute Gasteiger partial charge is 0.422 e. The first-order valence-corrected chi connectivity index (χ1v) is 11.4. The van der Waals surface area contributed by atoms with Crippen molar-refractivity contribution < 1.29 is 37.3 Å². The third-order valence-corrected chi connectivity index (χ3v) is 5.72. The van der Waals surface area contributed by atoms with E-state index in [1.54, 1.807) is 43.9 Å². The molecule has 9 heteroatoms. The van der Waals surface area contributed by atoms with E-state index >= 15 is 0 Å². The molecule has 2 atom stereocenters. The zero-order valence-electron chi connectivity index (χ0n) is 20.0. The molecule has 3 rings (SSSR count). The molecule has 1 aliphatic heterocycles. The number of hydrogen-bond acceptors (Lipinski definition) is 4.